The summed E-state index contributed by atoms with van der Waals surface area (Å²) < 4.78 is 11.7. The summed E-state index contributed by atoms with van der Waals surface area (Å²) in [7, 11) is 0. The molecule has 5 rings (SSSR count). The smallest absolute Gasteiger partial charge is 0.341 e. The van der Waals surface area contributed by atoms with Crippen LogP contribution in [0.1, 0.15) is 37.4 Å². The highest BCUT2D eigenvalue weighted by Crippen LogP contribution is 2.58. The van der Waals surface area contributed by atoms with E-state index >= 15 is 0 Å². The van der Waals surface area contributed by atoms with Gasteiger partial charge in [0, 0.05) is 28.8 Å². The van der Waals surface area contributed by atoms with Gasteiger partial charge in [-0.1, -0.05) is 23.2 Å². The van der Waals surface area contributed by atoms with E-state index in [0.29, 0.717) is 11.1 Å². The van der Waals surface area contributed by atoms with Crippen molar-refractivity contribution in [3.05, 3.63) is 80.3 Å². The molecule has 9 heteroatoms. The van der Waals surface area contributed by atoms with Gasteiger partial charge in [-0.05, 0) is 30.3 Å². The van der Waals surface area contributed by atoms with Crippen molar-refractivity contribution in [1.82, 2.24) is 0 Å². The van der Waals surface area contributed by atoms with Crippen LogP contribution < -0.4 is 4.74 Å². The minimum atomic E-state index is -1.62. The number of hydrogen-bond acceptors (Lipinski definition) is 6. The number of carbonyl (C=O) groups is 2. The molecule has 0 atom stereocenters. The summed E-state index contributed by atoms with van der Waals surface area (Å²) in [6.45, 7) is 0. The van der Waals surface area contributed by atoms with Crippen molar-refractivity contribution in [2.45, 2.75) is 5.60 Å². The van der Waals surface area contributed by atoms with E-state index in [1.807, 2.05) is 0 Å². The van der Waals surface area contributed by atoms with Gasteiger partial charge in [0.1, 0.15) is 23.0 Å². The molecule has 0 aliphatic carbocycles. The molecule has 150 valence electrons. The third-order valence-corrected chi connectivity index (χ3v) is 5.96. The summed E-state index contributed by atoms with van der Waals surface area (Å²) >= 11 is 12.3. The Balaban J connectivity index is 1.95. The van der Waals surface area contributed by atoms with E-state index in [1.165, 1.54) is 42.5 Å². The molecular formula is C21H10Cl2O7. The van der Waals surface area contributed by atoms with Gasteiger partial charge in [0.05, 0.1) is 21.2 Å². The van der Waals surface area contributed by atoms with Crippen molar-refractivity contribution >= 4 is 35.1 Å². The second-order valence-electron chi connectivity index (χ2n) is 6.81. The molecule has 0 saturated heterocycles. The zero-order chi connectivity index (χ0) is 21.4. The van der Waals surface area contributed by atoms with E-state index in [9.17, 15) is 24.9 Å². The Morgan fingerprint density at radius 3 is 2.00 bits per heavy atom. The number of carbonyl (C=O) groups excluding carboxylic acids is 1. The summed E-state index contributed by atoms with van der Waals surface area (Å²) in [4.78, 5) is 24.8. The lowest BCUT2D eigenvalue weighted by Crippen LogP contribution is -2.33. The quantitative estimate of drug-likeness (QED) is 0.467. The fourth-order valence-corrected chi connectivity index (χ4v) is 4.43. The number of halogens is 2. The average molecular weight is 445 g/mol. The number of phenols is 2. The first-order chi connectivity index (χ1) is 14.2. The fourth-order valence-electron chi connectivity index (χ4n) is 4.00. The Kier molecular flexibility index (Phi) is 3.75. The monoisotopic (exact) mass is 444 g/mol. The summed E-state index contributed by atoms with van der Waals surface area (Å²) in [6.07, 6.45) is 0. The molecule has 2 heterocycles. The van der Waals surface area contributed by atoms with Gasteiger partial charge >= 0.3 is 11.9 Å². The van der Waals surface area contributed by atoms with Gasteiger partial charge in [-0.2, -0.15) is 0 Å². The predicted octanol–water partition coefficient (Wildman–Crippen LogP) is 4.67. The SMILES string of the molecule is O=C1OC2(c3ccc(O)cc3Oc3cc(O)ccc32)c2cc(Cl)c(Cl)c(C(=O)O)c21. The number of ether oxygens (including phenoxy) is 2. The van der Waals surface area contributed by atoms with E-state index < -0.39 is 23.1 Å². The highest BCUT2D eigenvalue weighted by Gasteiger charge is 2.55. The molecule has 0 bridgehead atoms. The second-order valence-corrected chi connectivity index (χ2v) is 7.59. The molecule has 30 heavy (non-hydrogen) atoms. The second kappa shape index (κ2) is 6.04. The average Bonchev–Trinajstić information content (AvgIpc) is 2.94. The first-order valence-corrected chi connectivity index (χ1v) is 9.33. The summed E-state index contributed by atoms with van der Waals surface area (Å²) in [5, 5.41) is 29.2. The molecule has 3 N–H and O–H groups in total. The summed E-state index contributed by atoms with van der Waals surface area (Å²) in [5.41, 5.74) is -1.44. The van der Waals surface area contributed by atoms with Crippen LogP contribution in [-0.2, 0) is 10.3 Å². The minimum Gasteiger partial charge on any atom is -0.508 e. The largest absolute Gasteiger partial charge is 0.508 e. The number of aromatic carboxylic acids is 1. The van der Waals surface area contributed by atoms with Gasteiger partial charge in [-0.15, -0.1) is 0 Å². The lowest BCUT2D eigenvalue weighted by Gasteiger charge is -2.36. The molecule has 3 aromatic carbocycles. The van der Waals surface area contributed by atoms with Gasteiger partial charge in [0.25, 0.3) is 0 Å². The number of benzene rings is 3. The number of phenolic OH excluding ortho intramolecular Hbond substituents is 2. The number of aromatic hydroxyl groups is 2. The number of carboxylic acid groups (broad SMARTS) is 1. The number of esters is 1. The molecule has 0 radical (unpaired) electrons. The van der Waals surface area contributed by atoms with Crippen molar-refractivity contribution < 1.29 is 34.4 Å². The minimum absolute atomic E-state index is 0.0716. The number of rotatable bonds is 1. The highest BCUT2D eigenvalue weighted by molar-refractivity contribution is 6.44. The Labute approximate surface area is 178 Å². The molecule has 1 spiro atoms. The maximum atomic E-state index is 13.0. The standard InChI is InChI=1S/C21H10Cl2O7/c22-13-7-12-16(17(18(13)23)19(26)27)20(28)30-21(12)10-3-1-8(24)5-14(10)29-15-6-9(25)2-4-11(15)21/h1-7,24-25H,(H,26,27). The van der Waals surface area contributed by atoms with Crippen molar-refractivity contribution in [3.63, 3.8) is 0 Å². The van der Waals surface area contributed by atoms with E-state index in [0.717, 1.165) is 0 Å². The summed E-state index contributed by atoms with van der Waals surface area (Å²) in [5.74, 6) is -2.21. The molecule has 3 aromatic rings. The Morgan fingerprint density at radius 1 is 0.900 bits per heavy atom. The maximum absolute atomic E-state index is 13.0. The Hall–Kier alpha value is -3.42. The molecule has 0 saturated carbocycles. The Morgan fingerprint density at radius 2 is 1.47 bits per heavy atom. The zero-order valence-corrected chi connectivity index (χ0v) is 16.3. The van der Waals surface area contributed by atoms with Crippen molar-refractivity contribution in [2.75, 3.05) is 0 Å². The third kappa shape index (κ3) is 2.27. The van der Waals surface area contributed by atoms with Crippen LogP contribution in [-0.4, -0.2) is 27.3 Å². The lowest BCUT2D eigenvalue weighted by molar-refractivity contribution is 0.0222. The molecule has 2 aliphatic heterocycles. The van der Waals surface area contributed by atoms with Gasteiger partial charge < -0.3 is 24.8 Å². The summed E-state index contributed by atoms with van der Waals surface area (Å²) in [6, 6.07) is 9.82. The molecule has 0 amide bonds. The van der Waals surface area contributed by atoms with Gasteiger partial charge in [-0.25, -0.2) is 9.59 Å². The predicted molar refractivity (Wildman–Crippen MR) is 105 cm³/mol. The number of hydrogen-bond donors (Lipinski definition) is 3. The van der Waals surface area contributed by atoms with Crippen LogP contribution in [0.2, 0.25) is 10.0 Å². The first kappa shape index (κ1) is 18.6. The third-order valence-electron chi connectivity index (χ3n) is 5.17. The molecule has 0 unspecified atom stereocenters. The van der Waals surface area contributed by atoms with Gasteiger partial charge in [-0.3, -0.25) is 0 Å². The topological polar surface area (TPSA) is 113 Å². The van der Waals surface area contributed by atoms with E-state index in [1.54, 1.807) is 0 Å². The first-order valence-electron chi connectivity index (χ1n) is 8.58. The molecule has 0 aromatic heterocycles. The normalized spacial score (nSPS) is 15.1. The van der Waals surface area contributed by atoms with E-state index in [4.69, 9.17) is 32.7 Å². The zero-order valence-electron chi connectivity index (χ0n) is 14.8. The van der Waals surface area contributed by atoms with Crippen LogP contribution in [0.25, 0.3) is 0 Å². The lowest BCUT2D eigenvalue weighted by atomic mass is 9.77. The van der Waals surface area contributed by atoms with Crippen LogP contribution in [0.5, 0.6) is 23.0 Å². The van der Waals surface area contributed by atoms with Crippen LogP contribution in [0.3, 0.4) is 0 Å². The number of fused-ring (bicyclic) bond motifs is 6. The molecule has 2 aliphatic rings. The van der Waals surface area contributed by atoms with Crippen LogP contribution in [0.15, 0.2) is 42.5 Å². The Bertz CT molecular complexity index is 1250. The van der Waals surface area contributed by atoms with Crippen molar-refractivity contribution in [2.24, 2.45) is 0 Å². The van der Waals surface area contributed by atoms with Gasteiger partial charge in [0.15, 0.2) is 5.60 Å². The highest BCUT2D eigenvalue weighted by atomic mass is 35.5. The van der Waals surface area contributed by atoms with Gasteiger partial charge in [0.2, 0.25) is 0 Å². The fraction of sp³-hybridized carbons (Fsp3) is 0.0476. The molecule has 0 fully saturated rings. The van der Waals surface area contributed by atoms with Crippen LogP contribution in [0.4, 0.5) is 0 Å². The van der Waals surface area contributed by atoms with Crippen molar-refractivity contribution in [1.29, 1.82) is 0 Å². The van der Waals surface area contributed by atoms with Crippen molar-refractivity contribution in [3.8, 4) is 23.0 Å². The maximum Gasteiger partial charge on any atom is 0.341 e. The molecule has 7 nitrogen and oxygen atoms in total. The van der Waals surface area contributed by atoms with E-state index in [-0.39, 0.29) is 44.2 Å². The van der Waals surface area contributed by atoms with Crippen LogP contribution in [0, 0.1) is 0 Å². The van der Waals surface area contributed by atoms with Crippen LogP contribution >= 0.6 is 23.2 Å². The number of carboxylic acids is 1. The molecular weight excluding hydrogens is 435 g/mol. The van der Waals surface area contributed by atoms with E-state index in [2.05, 4.69) is 0 Å².